The van der Waals surface area contributed by atoms with Crippen molar-refractivity contribution in [2.24, 2.45) is 0 Å². The predicted octanol–water partition coefficient (Wildman–Crippen LogP) is 3.53. The molecule has 7 nitrogen and oxygen atoms in total. The average molecular weight is 426 g/mol. The van der Waals surface area contributed by atoms with Gasteiger partial charge in [0.2, 0.25) is 10.1 Å². The summed E-state index contributed by atoms with van der Waals surface area (Å²) in [6, 6.07) is 6.41. The number of benzene rings is 1. The molecule has 4 aromatic rings. The summed E-state index contributed by atoms with van der Waals surface area (Å²) in [5.41, 5.74) is 2.98. The first kappa shape index (κ1) is 19.2. The predicted molar refractivity (Wildman–Crippen MR) is 116 cm³/mol. The Labute approximate surface area is 178 Å². The molecular formula is C21H24FN7S. The number of hydrogen-bond donors (Lipinski definition) is 0. The van der Waals surface area contributed by atoms with E-state index in [-0.39, 0.29) is 5.82 Å². The van der Waals surface area contributed by atoms with E-state index in [1.54, 1.807) is 23.5 Å². The Morgan fingerprint density at radius 2 is 1.93 bits per heavy atom. The zero-order valence-corrected chi connectivity index (χ0v) is 17.7. The van der Waals surface area contributed by atoms with Crippen LogP contribution in [0.25, 0.3) is 16.2 Å². The van der Waals surface area contributed by atoms with Crippen LogP contribution in [0.15, 0.2) is 42.9 Å². The summed E-state index contributed by atoms with van der Waals surface area (Å²) in [6.07, 6.45) is 7.13. The van der Waals surface area contributed by atoms with Crippen LogP contribution in [-0.2, 0) is 13.1 Å². The molecule has 0 bridgehead atoms. The molecule has 0 radical (unpaired) electrons. The minimum atomic E-state index is -0.241. The van der Waals surface area contributed by atoms with Gasteiger partial charge in [0.15, 0.2) is 0 Å². The quantitative estimate of drug-likeness (QED) is 0.490. The Bertz CT molecular complexity index is 1100. The van der Waals surface area contributed by atoms with Gasteiger partial charge in [-0.3, -0.25) is 9.58 Å². The van der Waals surface area contributed by atoms with Crippen LogP contribution in [0.5, 0.6) is 0 Å². The van der Waals surface area contributed by atoms with Crippen molar-refractivity contribution < 1.29 is 4.39 Å². The van der Waals surface area contributed by atoms with Crippen LogP contribution >= 0.6 is 11.3 Å². The molecule has 1 aliphatic rings. The van der Waals surface area contributed by atoms with E-state index in [1.807, 2.05) is 21.6 Å². The van der Waals surface area contributed by atoms with Gasteiger partial charge in [0.25, 0.3) is 0 Å². The standard InChI is InChI=1S/C21H24FN7S/c1-2-28-14-16(12-23-28)13-26-8-3-9-27(11-10-26)21-25-29-15-19(24-20(29)30-21)17-4-6-18(22)7-5-17/h4-7,12,14-15H,2-3,8-11,13H2,1H3. The monoisotopic (exact) mass is 425 g/mol. The van der Waals surface area contributed by atoms with Crippen molar-refractivity contribution in [2.45, 2.75) is 26.4 Å². The van der Waals surface area contributed by atoms with Gasteiger partial charge in [-0.05, 0) is 37.6 Å². The maximum absolute atomic E-state index is 13.2. The number of aryl methyl sites for hydroxylation is 1. The molecule has 1 aliphatic heterocycles. The zero-order valence-electron chi connectivity index (χ0n) is 16.9. The Kier molecular flexibility index (Phi) is 5.22. The maximum Gasteiger partial charge on any atom is 0.214 e. The molecule has 156 valence electrons. The average Bonchev–Trinajstić information content (AvgIpc) is 3.41. The van der Waals surface area contributed by atoms with E-state index < -0.39 is 0 Å². The van der Waals surface area contributed by atoms with Gasteiger partial charge in [-0.15, -0.1) is 5.10 Å². The highest BCUT2D eigenvalue weighted by Crippen LogP contribution is 2.27. The molecule has 1 aromatic carbocycles. The smallest absolute Gasteiger partial charge is 0.214 e. The van der Waals surface area contributed by atoms with Crippen molar-refractivity contribution in [3.8, 4) is 11.3 Å². The van der Waals surface area contributed by atoms with Crippen LogP contribution < -0.4 is 4.90 Å². The van der Waals surface area contributed by atoms with E-state index in [1.165, 1.54) is 17.7 Å². The van der Waals surface area contributed by atoms with Gasteiger partial charge in [-0.2, -0.15) is 5.10 Å². The van der Waals surface area contributed by atoms with E-state index in [9.17, 15) is 4.39 Å². The first-order valence-corrected chi connectivity index (χ1v) is 11.1. The van der Waals surface area contributed by atoms with Gasteiger partial charge in [0, 0.05) is 56.6 Å². The van der Waals surface area contributed by atoms with E-state index in [4.69, 9.17) is 5.10 Å². The summed E-state index contributed by atoms with van der Waals surface area (Å²) < 4.78 is 17.0. The summed E-state index contributed by atoms with van der Waals surface area (Å²) >= 11 is 1.60. The lowest BCUT2D eigenvalue weighted by molar-refractivity contribution is 0.285. The Morgan fingerprint density at radius 1 is 1.07 bits per heavy atom. The highest BCUT2D eigenvalue weighted by Gasteiger charge is 2.20. The lowest BCUT2D eigenvalue weighted by atomic mass is 10.2. The van der Waals surface area contributed by atoms with Gasteiger partial charge in [0.05, 0.1) is 18.1 Å². The molecular weight excluding hydrogens is 401 g/mol. The summed E-state index contributed by atoms with van der Waals surface area (Å²) in [5, 5.41) is 10.1. The fourth-order valence-electron chi connectivity index (χ4n) is 3.82. The summed E-state index contributed by atoms with van der Waals surface area (Å²) in [5.74, 6) is -0.241. The third-order valence-electron chi connectivity index (χ3n) is 5.45. The minimum Gasteiger partial charge on any atom is -0.345 e. The van der Waals surface area contributed by atoms with Crippen molar-refractivity contribution in [1.82, 2.24) is 29.3 Å². The fourth-order valence-corrected chi connectivity index (χ4v) is 4.75. The highest BCUT2D eigenvalue weighted by molar-refractivity contribution is 7.20. The number of rotatable bonds is 5. The number of anilines is 1. The van der Waals surface area contributed by atoms with E-state index in [0.717, 1.165) is 67.0 Å². The van der Waals surface area contributed by atoms with E-state index >= 15 is 0 Å². The van der Waals surface area contributed by atoms with Crippen molar-refractivity contribution in [2.75, 3.05) is 31.1 Å². The van der Waals surface area contributed by atoms with Gasteiger partial charge in [0.1, 0.15) is 5.82 Å². The van der Waals surface area contributed by atoms with E-state index in [2.05, 4.69) is 33.0 Å². The van der Waals surface area contributed by atoms with E-state index in [0.29, 0.717) is 0 Å². The molecule has 5 rings (SSSR count). The number of nitrogens with zero attached hydrogens (tertiary/aromatic N) is 7. The Hall–Kier alpha value is -2.78. The van der Waals surface area contributed by atoms with Crippen LogP contribution in [-0.4, -0.2) is 55.5 Å². The number of aromatic nitrogens is 5. The summed E-state index contributed by atoms with van der Waals surface area (Å²) in [7, 11) is 0. The second-order valence-corrected chi connectivity index (χ2v) is 8.50. The molecule has 3 aromatic heterocycles. The molecule has 9 heteroatoms. The Morgan fingerprint density at radius 3 is 2.70 bits per heavy atom. The molecule has 30 heavy (non-hydrogen) atoms. The largest absolute Gasteiger partial charge is 0.345 e. The highest BCUT2D eigenvalue weighted by atomic mass is 32.1. The Balaban J connectivity index is 1.26. The number of imidazole rings is 1. The minimum absolute atomic E-state index is 0.241. The lowest BCUT2D eigenvalue weighted by Gasteiger charge is -2.20. The van der Waals surface area contributed by atoms with Crippen molar-refractivity contribution >= 4 is 21.4 Å². The topological polar surface area (TPSA) is 54.5 Å². The van der Waals surface area contributed by atoms with Crippen LogP contribution in [0, 0.1) is 5.82 Å². The summed E-state index contributed by atoms with van der Waals surface area (Å²) in [4.78, 5) is 10.4. The SMILES string of the molecule is CCn1cc(CN2CCCN(c3nn4cc(-c5ccc(F)cc5)nc4s3)CC2)cn1. The zero-order chi connectivity index (χ0) is 20.5. The lowest BCUT2D eigenvalue weighted by Crippen LogP contribution is -2.30. The molecule has 1 saturated heterocycles. The first-order valence-electron chi connectivity index (χ1n) is 10.3. The fraction of sp³-hybridized carbons (Fsp3) is 0.381. The van der Waals surface area contributed by atoms with Crippen LogP contribution in [0.3, 0.4) is 0 Å². The van der Waals surface area contributed by atoms with Crippen molar-refractivity contribution in [1.29, 1.82) is 0 Å². The molecule has 0 N–H and O–H groups in total. The van der Waals surface area contributed by atoms with Crippen LogP contribution in [0.1, 0.15) is 18.9 Å². The second-order valence-electron chi connectivity index (χ2n) is 7.57. The van der Waals surface area contributed by atoms with Crippen molar-refractivity contribution in [3.05, 3.63) is 54.2 Å². The van der Waals surface area contributed by atoms with Crippen molar-refractivity contribution in [3.63, 3.8) is 0 Å². The molecule has 0 atom stereocenters. The van der Waals surface area contributed by atoms with Gasteiger partial charge in [-0.1, -0.05) is 11.3 Å². The molecule has 0 aliphatic carbocycles. The number of hydrogen-bond acceptors (Lipinski definition) is 6. The molecule has 0 unspecified atom stereocenters. The third kappa shape index (κ3) is 3.95. The number of halogens is 1. The maximum atomic E-state index is 13.2. The normalized spacial score (nSPS) is 15.7. The van der Waals surface area contributed by atoms with Gasteiger partial charge >= 0.3 is 0 Å². The van der Waals surface area contributed by atoms with Crippen LogP contribution in [0.4, 0.5) is 9.52 Å². The molecule has 4 heterocycles. The summed E-state index contributed by atoms with van der Waals surface area (Å²) in [6.45, 7) is 7.97. The molecule has 0 saturated carbocycles. The van der Waals surface area contributed by atoms with Gasteiger partial charge in [-0.25, -0.2) is 13.9 Å². The molecule has 1 fully saturated rings. The third-order valence-corrected chi connectivity index (χ3v) is 6.43. The second kappa shape index (κ2) is 8.16. The number of fused-ring (bicyclic) bond motifs is 1. The van der Waals surface area contributed by atoms with Crippen LogP contribution in [0.2, 0.25) is 0 Å². The van der Waals surface area contributed by atoms with Gasteiger partial charge < -0.3 is 4.90 Å². The molecule has 0 spiro atoms. The molecule has 0 amide bonds. The first-order chi connectivity index (χ1) is 14.7.